The summed E-state index contributed by atoms with van der Waals surface area (Å²) in [6, 6.07) is 0.464. The van der Waals surface area contributed by atoms with Crippen LogP contribution in [0.1, 0.15) is 47.5 Å². The van der Waals surface area contributed by atoms with Crippen molar-refractivity contribution >= 4 is 6.09 Å². The highest BCUT2D eigenvalue weighted by Crippen LogP contribution is 2.23. The normalized spacial score (nSPS) is 22.4. The number of amides is 1. The lowest BCUT2D eigenvalue weighted by Crippen LogP contribution is -2.46. The number of rotatable bonds is 4. The summed E-state index contributed by atoms with van der Waals surface area (Å²) in [7, 11) is 1.77. The van der Waals surface area contributed by atoms with Crippen molar-refractivity contribution in [1.82, 2.24) is 10.2 Å². The molecule has 1 unspecified atom stereocenters. The third-order valence-electron chi connectivity index (χ3n) is 3.28. The summed E-state index contributed by atoms with van der Waals surface area (Å²) in [6.45, 7) is 12.1. The average molecular weight is 286 g/mol. The minimum Gasteiger partial charge on any atom is -0.444 e. The SMILES string of the molecule is CN(CCNC1CCOC(C)(C)C1)C(=O)OC(C)(C)C. The van der Waals surface area contributed by atoms with Crippen molar-refractivity contribution in [2.45, 2.75) is 64.7 Å². The maximum absolute atomic E-state index is 11.8. The van der Waals surface area contributed by atoms with E-state index in [2.05, 4.69) is 19.2 Å². The summed E-state index contributed by atoms with van der Waals surface area (Å²) < 4.78 is 11.0. The lowest BCUT2D eigenvalue weighted by atomic mass is 9.94. The topological polar surface area (TPSA) is 50.8 Å². The van der Waals surface area contributed by atoms with Crippen LogP contribution in [-0.4, -0.2) is 55.0 Å². The van der Waals surface area contributed by atoms with Crippen molar-refractivity contribution in [3.8, 4) is 0 Å². The van der Waals surface area contributed by atoms with Gasteiger partial charge in [0.05, 0.1) is 5.60 Å². The molecule has 1 N–H and O–H groups in total. The van der Waals surface area contributed by atoms with Gasteiger partial charge >= 0.3 is 6.09 Å². The molecule has 20 heavy (non-hydrogen) atoms. The van der Waals surface area contributed by atoms with E-state index in [-0.39, 0.29) is 11.7 Å². The van der Waals surface area contributed by atoms with Gasteiger partial charge in [0.1, 0.15) is 5.60 Å². The van der Waals surface area contributed by atoms with E-state index in [1.165, 1.54) is 0 Å². The van der Waals surface area contributed by atoms with Gasteiger partial charge in [-0.05, 0) is 47.5 Å². The van der Waals surface area contributed by atoms with Gasteiger partial charge in [-0.1, -0.05) is 0 Å². The Morgan fingerprint density at radius 1 is 1.45 bits per heavy atom. The minimum absolute atomic E-state index is 0.0486. The van der Waals surface area contributed by atoms with Gasteiger partial charge in [-0.3, -0.25) is 0 Å². The molecule has 0 radical (unpaired) electrons. The van der Waals surface area contributed by atoms with Crippen molar-refractivity contribution < 1.29 is 14.3 Å². The average Bonchev–Trinajstić information content (AvgIpc) is 2.25. The Bertz CT molecular complexity index is 324. The molecule has 0 aromatic carbocycles. The third kappa shape index (κ3) is 6.57. The molecule has 1 aliphatic rings. The van der Waals surface area contributed by atoms with E-state index in [9.17, 15) is 4.79 Å². The molecule has 0 aromatic heterocycles. The summed E-state index contributed by atoms with van der Waals surface area (Å²) in [5, 5.41) is 3.50. The molecule has 118 valence electrons. The first kappa shape index (κ1) is 17.2. The summed E-state index contributed by atoms with van der Waals surface area (Å²) in [4.78, 5) is 13.4. The molecule has 1 saturated heterocycles. The second-order valence-electron chi connectivity index (χ2n) is 7.15. The van der Waals surface area contributed by atoms with Crippen LogP contribution in [0.5, 0.6) is 0 Å². The molecule has 1 fully saturated rings. The molecule has 1 aliphatic heterocycles. The standard InChI is InChI=1S/C15H30N2O3/c1-14(2,3)20-13(18)17(6)9-8-16-12-7-10-19-15(4,5)11-12/h12,16H,7-11H2,1-6H3. The van der Waals surface area contributed by atoms with Crippen LogP contribution in [0.4, 0.5) is 4.79 Å². The molecule has 0 saturated carbocycles. The number of ether oxygens (including phenoxy) is 2. The molecule has 1 atom stereocenters. The Morgan fingerprint density at radius 2 is 2.10 bits per heavy atom. The largest absolute Gasteiger partial charge is 0.444 e. The molecule has 1 heterocycles. The lowest BCUT2D eigenvalue weighted by molar-refractivity contribution is -0.0629. The molecule has 5 nitrogen and oxygen atoms in total. The van der Waals surface area contributed by atoms with Crippen molar-refractivity contribution in [2.75, 3.05) is 26.7 Å². The van der Waals surface area contributed by atoms with Crippen LogP contribution in [0.25, 0.3) is 0 Å². The lowest BCUT2D eigenvalue weighted by Gasteiger charge is -2.36. The zero-order valence-electron chi connectivity index (χ0n) is 13.8. The number of nitrogens with one attached hydrogen (secondary N) is 1. The molecular weight excluding hydrogens is 256 g/mol. The first-order chi connectivity index (χ1) is 9.09. The molecule has 0 aliphatic carbocycles. The summed E-state index contributed by atoms with van der Waals surface area (Å²) in [6.07, 6.45) is 1.76. The maximum atomic E-state index is 11.8. The van der Waals surface area contributed by atoms with Gasteiger partial charge in [-0.25, -0.2) is 4.79 Å². The minimum atomic E-state index is -0.441. The molecule has 1 rings (SSSR count). The Kier molecular flexibility index (Phi) is 5.83. The van der Waals surface area contributed by atoms with Gasteiger partial charge in [0.15, 0.2) is 0 Å². The van der Waals surface area contributed by atoms with Crippen molar-refractivity contribution in [1.29, 1.82) is 0 Å². The molecule has 0 bridgehead atoms. The highest BCUT2D eigenvalue weighted by molar-refractivity contribution is 5.67. The Hall–Kier alpha value is -0.810. The van der Waals surface area contributed by atoms with E-state index in [1.54, 1.807) is 11.9 Å². The number of carbonyl (C=O) groups excluding carboxylic acids is 1. The first-order valence-electron chi connectivity index (χ1n) is 7.40. The number of hydrogen-bond donors (Lipinski definition) is 1. The van der Waals surface area contributed by atoms with E-state index in [0.717, 1.165) is 26.0 Å². The molecule has 0 spiro atoms. The fraction of sp³-hybridized carbons (Fsp3) is 0.933. The van der Waals surface area contributed by atoms with E-state index < -0.39 is 5.60 Å². The summed E-state index contributed by atoms with van der Waals surface area (Å²) >= 11 is 0. The van der Waals surface area contributed by atoms with E-state index in [0.29, 0.717) is 12.6 Å². The number of nitrogens with zero attached hydrogens (tertiary/aromatic N) is 1. The van der Waals surface area contributed by atoms with E-state index in [4.69, 9.17) is 9.47 Å². The Morgan fingerprint density at radius 3 is 2.65 bits per heavy atom. The molecule has 0 aromatic rings. The second-order valence-corrected chi connectivity index (χ2v) is 7.15. The highest BCUT2D eigenvalue weighted by atomic mass is 16.6. The van der Waals surface area contributed by atoms with Gasteiger partial charge in [-0.15, -0.1) is 0 Å². The van der Waals surface area contributed by atoms with Crippen LogP contribution in [0.15, 0.2) is 0 Å². The van der Waals surface area contributed by atoms with Gasteiger partial charge < -0.3 is 19.7 Å². The van der Waals surface area contributed by atoms with Gasteiger partial charge in [-0.2, -0.15) is 0 Å². The van der Waals surface area contributed by atoms with E-state index in [1.807, 2.05) is 20.8 Å². The quantitative estimate of drug-likeness (QED) is 0.862. The smallest absolute Gasteiger partial charge is 0.410 e. The fourth-order valence-corrected chi connectivity index (χ4v) is 2.27. The van der Waals surface area contributed by atoms with E-state index >= 15 is 0 Å². The first-order valence-corrected chi connectivity index (χ1v) is 7.40. The van der Waals surface area contributed by atoms with Crippen molar-refractivity contribution in [3.63, 3.8) is 0 Å². The summed E-state index contributed by atoms with van der Waals surface area (Å²) in [5.41, 5.74) is -0.490. The van der Waals surface area contributed by atoms with Gasteiger partial charge in [0, 0.05) is 32.8 Å². The van der Waals surface area contributed by atoms with Crippen LogP contribution in [0.2, 0.25) is 0 Å². The molecular formula is C15H30N2O3. The van der Waals surface area contributed by atoms with Crippen molar-refractivity contribution in [3.05, 3.63) is 0 Å². The predicted molar refractivity (Wildman–Crippen MR) is 79.9 cm³/mol. The molecule has 1 amide bonds. The zero-order chi connectivity index (χ0) is 15.4. The highest BCUT2D eigenvalue weighted by Gasteiger charge is 2.28. The fourth-order valence-electron chi connectivity index (χ4n) is 2.27. The van der Waals surface area contributed by atoms with Crippen molar-refractivity contribution in [2.24, 2.45) is 0 Å². The van der Waals surface area contributed by atoms with Crippen LogP contribution in [-0.2, 0) is 9.47 Å². The number of carbonyl (C=O) groups is 1. The maximum Gasteiger partial charge on any atom is 0.410 e. The van der Waals surface area contributed by atoms with Crippen LogP contribution in [0, 0.1) is 0 Å². The zero-order valence-corrected chi connectivity index (χ0v) is 13.8. The predicted octanol–water partition coefficient (Wildman–Crippen LogP) is 2.40. The summed E-state index contributed by atoms with van der Waals surface area (Å²) in [5.74, 6) is 0. The van der Waals surface area contributed by atoms with Crippen LogP contribution in [0.3, 0.4) is 0 Å². The Labute approximate surface area is 123 Å². The second kappa shape index (κ2) is 6.76. The number of likely N-dealkylation sites (N-methyl/N-ethyl adjacent to an activating group) is 1. The molecule has 5 heteroatoms. The van der Waals surface area contributed by atoms with Gasteiger partial charge in [0.25, 0.3) is 0 Å². The third-order valence-corrected chi connectivity index (χ3v) is 3.28. The van der Waals surface area contributed by atoms with Crippen LogP contribution < -0.4 is 5.32 Å². The number of hydrogen-bond acceptors (Lipinski definition) is 4. The Balaban J connectivity index is 2.25. The van der Waals surface area contributed by atoms with Crippen LogP contribution >= 0.6 is 0 Å². The van der Waals surface area contributed by atoms with Gasteiger partial charge in [0.2, 0.25) is 0 Å². The monoisotopic (exact) mass is 286 g/mol.